The van der Waals surface area contributed by atoms with Gasteiger partial charge < -0.3 is 14.4 Å². The smallest absolute Gasteiger partial charge is 0.412 e. The first-order valence-electron chi connectivity index (χ1n) is 9.84. The molecule has 0 aromatic heterocycles. The molecule has 2 N–H and O–H groups in total. The van der Waals surface area contributed by atoms with E-state index in [0.717, 1.165) is 5.41 Å². The van der Waals surface area contributed by atoms with Gasteiger partial charge in [-0.25, -0.2) is 17.9 Å². The molecule has 0 spiro atoms. The molecular weight excluding hydrogens is 481 g/mol. The lowest BCUT2D eigenvalue weighted by Crippen LogP contribution is -2.47. The quantitative estimate of drug-likeness (QED) is 0.580. The zero-order valence-electron chi connectivity index (χ0n) is 18.1. The second kappa shape index (κ2) is 10.7. The molecule has 1 heterocycles. The van der Waals surface area contributed by atoms with E-state index in [9.17, 15) is 18.0 Å². The number of anilines is 1. The third kappa shape index (κ3) is 8.16. The average molecular weight is 508 g/mol. The van der Waals surface area contributed by atoms with Gasteiger partial charge in [0, 0.05) is 29.6 Å². The molecule has 0 atom stereocenters. The molecule has 9 nitrogen and oxygen atoms in total. The fourth-order valence-corrected chi connectivity index (χ4v) is 4.31. The number of carbonyl (C=O) groups excluding carboxylic acids is 2. The topological polar surface area (TPSA) is 114 Å². The lowest BCUT2D eigenvalue weighted by atomic mass is 10.1. The number of hydrogen-bond acceptors (Lipinski definition) is 6. The van der Waals surface area contributed by atoms with Gasteiger partial charge in [0.1, 0.15) is 5.60 Å². The summed E-state index contributed by atoms with van der Waals surface area (Å²) >= 11 is 12.2. The number of piperidine rings is 1. The first-order valence-corrected chi connectivity index (χ1v) is 12.1. The Morgan fingerprint density at radius 3 is 2.44 bits per heavy atom. The minimum atomic E-state index is -3.52. The molecule has 1 aliphatic heterocycles. The molecule has 1 fully saturated rings. The molecule has 0 unspecified atom stereocenters. The Balaban J connectivity index is 1.99. The predicted molar refractivity (Wildman–Crippen MR) is 124 cm³/mol. The standard InChI is InChI=1S/C20H27Cl2N3O6S/c1-5-32(28,29)24-14-6-8-25(9-7-14)17(26)12-30-18-15(22)10-13(21)11-16(18)23-19(27)31-20(2,3)4/h5,10-11,14,24H,1,6-9,12H2,2-4H3,(H,23,27). The van der Waals surface area contributed by atoms with Crippen LogP contribution in [0.3, 0.4) is 0 Å². The van der Waals surface area contributed by atoms with Crippen molar-refractivity contribution in [1.82, 2.24) is 9.62 Å². The van der Waals surface area contributed by atoms with Crippen LogP contribution in [0.1, 0.15) is 33.6 Å². The van der Waals surface area contributed by atoms with E-state index in [1.807, 2.05) is 0 Å². The molecule has 0 bridgehead atoms. The molecule has 1 aromatic carbocycles. The maximum atomic E-state index is 12.6. The van der Waals surface area contributed by atoms with E-state index in [4.69, 9.17) is 32.7 Å². The van der Waals surface area contributed by atoms with Crippen LogP contribution in [-0.4, -0.2) is 56.7 Å². The van der Waals surface area contributed by atoms with Gasteiger partial charge in [-0.2, -0.15) is 0 Å². The van der Waals surface area contributed by atoms with Gasteiger partial charge in [-0.05, 0) is 45.7 Å². The summed E-state index contributed by atoms with van der Waals surface area (Å²) in [7, 11) is -3.52. The number of hydrogen-bond donors (Lipinski definition) is 2. The lowest BCUT2D eigenvalue weighted by Gasteiger charge is -2.32. The Hall–Kier alpha value is -2.01. The lowest BCUT2D eigenvalue weighted by molar-refractivity contribution is -0.134. The Kier molecular flexibility index (Phi) is 8.81. The Morgan fingerprint density at radius 2 is 1.88 bits per heavy atom. The minimum absolute atomic E-state index is 0.0869. The van der Waals surface area contributed by atoms with Crippen molar-refractivity contribution < 1.29 is 27.5 Å². The highest BCUT2D eigenvalue weighted by molar-refractivity contribution is 7.92. The Bertz CT molecular complexity index is 970. The molecule has 0 aliphatic carbocycles. The highest BCUT2D eigenvalue weighted by atomic mass is 35.5. The zero-order valence-corrected chi connectivity index (χ0v) is 20.4. The number of likely N-dealkylation sites (tertiary alicyclic amines) is 1. The van der Waals surface area contributed by atoms with Gasteiger partial charge in [-0.1, -0.05) is 29.8 Å². The van der Waals surface area contributed by atoms with E-state index in [-0.39, 0.29) is 40.0 Å². The summed E-state index contributed by atoms with van der Waals surface area (Å²) < 4.78 is 36.5. The first-order chi connectivity index (χ1) is 14.8. The van der Waals surface area contributed by atoms with Crippen molar-refractivity contribution in [1.29, 1.82) is 0 Å². The monoisotopic (exact) mass is 507 g/mol. The molecular formula is C20H27Cl2N3O6S. The van der Waals surface area contributed by atoms with E-state index in [1.165, 1.54) is 12.1 Å². The van der Waals surface area contributed by atoms with E-state index in [0.29, 0.717) is 25.9 Å². The van der Waals surface area contributed by atoms with Gasteiger partial charge in [0.2, 0.25) is 10.0 Å². The third-order valence-electron chi connectivity index (χ3n) is 4.38. The fraction of sp³-hybridized carbons (Fsp3) is 0.500. The third-order valence-corrected chi connectivity index (χ3v) is 5.98. The van der Waals surface area contributed by atoms with E-state index in [1.54, 1.807) is 25.7 Å². The molecule has 32 heavy (non-hydrogen) atoms. The van der Waals surface area contributed by atoms with Crippen molar-refractivity contribution in [2.45, 2.75) is 45.3 Å². The number of nitrogens with zero attached hydrogens (tertiary/aromatic N) is 1. The van der Waals surface area contributed by atoms with Crippen molar-refractivity contribution in [2.75, 3.05) is 25.0 Å². The van der Waals surface area contributed by atoms with Crippen molar-refractivity contribution >= 4 is 50.9 Å². The summed E-state index contributed by atoms with van der Waals surface area (Å²) in [5, 5.41) is 3.78. The second-order valence-electron chi connectivity index (χ2n) is 8.16. The van der Waals surface area contributed by atoms with Crippen LogP contribution in [0.4, 0.5) is 10.5 Å². The SMILES string of the molecule is C=CS(=O)(=O)NC1CCN(C(=O)COc2c(Cl)cc(Cl)cc2NC(=O)OC(C)(C)C)CC1. The minimum Gasteiger partial charge on any atom is -0.480 e. The maximum absolute atomic E-state index is 12.6. The molecule has 2 amide bonds. The van der Waals surface area contributed by atoms with Crippen LogP contribution in [0.25, 0.3) is 0 Å². The van der Waals surface area contributed by atoms with E-state index >= 15 is 0 Å². The van der Waals surface area contributed by atoms with Crippen molar-refractivity contribution in [3.63, 3.8) is 0 Å². The number of ether oxygens (including phenoxy) is 2. The summed E-state index contributed by atoms with van der Waals surface area (Å²) in [6.07, 6.45) is 0.203. The van der Waals surface area contributed by atoms with Crippen LogP contribution in [0.2, 0.25) is 10.0 Å². The predicted octanol–water partition coefficient (Wildman–Crippen LogP) is 3.77. The van der Waals surface area contributed by atoms with Gasteiger partial charge in [0.05, 0.1) is 10.7 Å². The number of benzene rings is 1. The Morgan fingerprint density at radius 1 is 1.25 bits per heavy atom. The zero-order chi connectivity index (χ0) is 24.1. The van der Waals surface area contributed by atoms with Crippen LogP contribution in [0.5, 0.6) is 5.75 Å². The van der Waals surface area contributed by atoms with Gasteiger partial charge in [0.25, 0.3) is 5.91 Å². The molecule has 1 saturated heterocycles. The summed E-state index contributed by atoms with van der Waals surface area (Å²) in [6, 6.07) is 2.60. The largest absolute Gasteiger partial charge is 0.480 e. The number of halogens is 2. The number of carbonyl (C=O) groups is 2. The second-order valence-corrected chi connectivity index (χ2v) is 10.7. The van der Waals surface area contributed by atoms with Crippen LogP contribution >= 0.6 is 23.2 Å². The van der Waals surface area contributed by atoms with Crippen molar-refractivity contribution in [2.24, 2.45) is 0 Å². The first kappa shape index (κ1) is 26.2. The van der Waals surface area contributed by atoms with Crippen LogP contribution in [0.15, 0.2) is 24.1 Å². The van der Waals surface area contributed by atoms with Crippen LogP contribution in [-0.2, 0) is 19.6 Å². The summed E-state index contributed by atoms with van der Waals surface area (Å²) in [5.41, 5.74) is -0.544. The molecule has 1 aliphatic rings. The summed E-state index contributed by atoms with van der Waals surface area (Å²) in [4.78, 5) is 26.3. The molecule has 1 aromatic rings. The van der Waals surface area contributed by atoms with E-state index in [2.05, 4.69) is 16.6 Å². The normalized spacial score (nSPS) is 15.2. The van der Waals surface area contributed by atoms with Crippen molar-refractivity contribution in [3.05, 3.63) is 34.2 Å². The number of sulfonamides is 1. The van der Waals surface area contributed by atoms with Crippen molar-refractivity contribution in [3.8, 4) is 5.75 Å². The van der Waals surface area contributed by atoms with Gasteiger partial charge in [0.15, 0.2) is 12.4 Å². The molecule has 2 rings (SSSR count). The summed E-state index contributed by atoms with van der Waals surface area (Å²) in [5.74, 6) is -0.215. The van der Waals surface area contributed by atoms with Gasteiger partial charge in [-0.15, -0.1) is 0 Å². The van der Waals surface area contributed by atoms with Gasteiger partial charge in [-0.3, -0.25) is 10.1 Å². The number of amides is 2. The van der Waals surface area contributed by atoms with Gasteiger partial charge >= 0.3 is 6.09 Å². The molecule has 12 heteroatoms. The van der Waals surface area contributed by atoms with E-state index < -0.39 is 21.7 Å². The highest BCUT2D eigenvalue weighted by Gasteiger charge is 2.26. The number of nitrogens with one attached hydrogen (secondary N) is 2. The van der Waals surface area contributed by atoms with Crippen LogP contribution in [0, 0.1) is 0 Å². The fourth-order valence-electron chi connectivity index (χ4n) is 2.97. The Labute approximate surface area is 198 Å². The maximum Gasteiger partial charge on any atom is 0.412 e. The molecule has 178 valence electrons. The van der Waals surface area contributed by atoms with Crippen LogP contribution < -0.4 is 14.8 Å². The number of rotatable bonds is 7. The molecule has 0 saturated carbocycles. The average Bonchev–Trinajstić information content (AvgIpc) is 2.65. The molecule has 0 radical (unpaired) electrons. The highest BCUT2D eigenvalue weighted by Crippen LogP contribution is 2.36. The summed E-state index contributed by atoms with van der Waals surface area (Å²) in [6.45, 7) is 8.83.